The minimum atomic E-state index is 0.0767. The summed E-state index contributed by atoms with van der Waals surface area (Å²) in [5.41, 5.74) is 4.80. The second-order valence-electron chi connectivity index (χ2n) is 4.41. The Morgan fingerprint density at radius 1 is 1.00 bits per heavy atom. The summed E-state index contributed by atoms with van der Waals surface area (Å²) in [6, 6.07) is 15.6. The minimum Gasteiger partial charge on any atom is -0.388 e. The van der Waals surface area contributed by atoms with E-state index in [1.807, 2.05) is 55.6 Å². The summed E-state index contributed by atoms with van der Waals surface area (Å²) in [6.45, 7) is 5.72. The summed E-state index contributed by atoms with van der Waals surface area (Å²) in [5.74, 6) is 0.0767. The van der Waals surface area contributed by atoms with Crippen molar-refractivity contribution in [2.24, 2.45) is 0 Å². The molecule has 0 bridgehead atoms. The third-order valence-corrected chi connectivity index (χ3v) is 3.16. The largest absolute Gasteiger partial charge is 0.388 e. The Bertz CT molecular complexity index is 611. The lowest BCUT2D eigenvalue weighted by Crippen LogP contribution is -1.96. The maximum atomic E-state index is 11.3. The van der Waals surface area contributed by atoms with E-state index in [-0.39, 0.29) is 5.78 Å². The number of benzene rings is 2. The summed E-state index contributed by atoms with van der Waals surface area (Å²) in [4.78, 5) is 11.3. The van der Waals surface area contributed by atoms with Crippen LogP contribution in [-0.2, 0) is 0 Å². The van der Waals surface area contributed by atoms with Crippen molar-refractivity contribution in [3.05, 3.63) is 71.8 Å². The van der Waals surface area contributed by atoms with Crippen molar-refractivity contribution in [2.75, 3.05) is 12.4 Å². The molecule has 2 nitrogen and oxygen atoms in total. The van der Waals surface area contributed by atoms with Gasteiger partial charge in [-0.05, 0) is 24.1 Å². The second kappa shape index (κ2) is 5.53. The van der Waals surface area contributed by atoms with Crippen LogP contribution in [0.3, 0.4) is 0 Å². The molecule has 2 aromatic carbocycles. The predicted molar refractivity (Wildman–Crippen MR) is 80.6 cm³/mol. The van der Waals surface area contributed by atoms with E-state index in [4.69, 9.17) is 0 Å². The third kappa shape index (κ3) is 2.74. The van der Waals surface area contributed by atoms with Crippen LogP contribution < -0.4 is 5.32 Å². The summed E-state index contributed by atoms with van der Waals surface area (Å²) < 4.78 is 0. The topological polar surface area (TPSA) is 29.1 Å². The molecular formula is C17H17NO. The monoisotopic (exact) mass is 251 g/mol. The van der Waals surface area contributed by atoms with Crippen molar-refractivity contribution in [2.45, 2.75) is 6.92 Å². The van der Waals surface area contributed by atoms with Gasteiger partial charge in [-0.1, -0.05) is 49.0 Å². The lowest BCUT2D eigenvalue weighted by Gasteiger charge is -2.12. The molecule has 2 heteroatoms. The Kier molecular flexibility index (Phi) is 3.81. The molecule has 0 radical (unpaired) electrons. The number of nitrogens with one attached hydrogen (secondary N) is 1. The first-order chi connectivity index (χ1) is 9.13. The zero-order valence-electron chi connectivity index (χ0n) is 11.2. The fourth-order valence-electron chi connectivity index (χ4n) is 2.03. The highest BCUT2D eigenvalue weighted by atomic mass is 16.1. The maximum Gasteiger partial charge on any atom is 0.159 e. The van der Waals surface area contributed by atoms with E-state index in [0.717, 1.165) is 28.0 Å². The van der Waals surface area contributed by atoms with Crippen LogP contribution in [-0.4, -0.2) is 12.8 Å². The number of rotatable bonds is 4. The van der Waals surface area contributed by atoms with E-state index in [1.165, 1.54) is 0 Å². The van der Waals surface area contributed by atoms with Crippen molar-refractivity contribution in [3.8, 4) is 0 Å². The van der Waals surface area contributed by atoms with Crippen LogP contribution in [0.4, 0.5) is 5.69 Å². The number of Topliss-reactive ketones (excluding diaryl/α,β-unsaturated/α-hetero) is 1. The highest BCUT2D eigenvalue weighted by molar-refractivity contribution is 5.94. The summed E-state index contributed by atoms with van der Waals surface area (Å²) in [5, 5.41) is 3.16. The van der Waals surface area contributed by atoms with Gasteiger partial charge in [-0.15, -0.1) is 0 Å². The molecule has 2 rings (SSSR count). The molecule has 0 heterocycles. The molecule has 96 valence electrons. The van der Waals surface area contributed by atoms with Crippen molar-refractivity contribution < 1.29 is 4.79 Å². The highest BCUT2D eigenvalue weighted by Crippen LogP contribution is 2.27. The number of carbonyl (C=O) groups is 1. The van der Waals surface area contributed by atoms with Crippen LogP contribution in [0, 0.1) is 0 Å². The van der Waals surface area contributed by atoms with Gasteiger partial charge in [-0.25, -0.2) is 0 Å². The molecule has 19 heavy (non-hydrogen) atoms. The second-order valence-corrected chi connectivity index (χ2v) is 4.41. The third-order valence-electron chi connectivity index (χ3n) is 3.16. The quantitative estimate of drug-likeness (QED) is 0.832. The Hall–Kier alpha value is -2.35. The molecule has 2 aromatic rings. The summed E-state index contributed by atoms with van der Waals surface area (Å²) in [7, 11) is 1.89. The van der Waals surface area contributed by atoms with Crippen molar-refractivity contribution >= 4 is 17.0 Å². The molecule has 0 aliphatic heterocycles. The molecule has 0 saturated heterocycles. The summed E-state index contributed by atoms with van der Waals surface area (Å²) in [6.07, 6.45) is 0. The number of ketones is 1. The van der Waals surface area contributed by atoms with Crippen LogP contribution in [0.2, 0.25) is 0 Å². The Morgan fingerprint density at radius 3 is 2.16 bits per heavy atom. The van der Waals surface area contributed by atoms with Gasteiger partial charge in [0.1, 0.15) is 0 Å². The van der Waals surface area contributed by atoms with Crippen molar-refractivity contribution in [1.29, 1.82) is 0 Å². The highest BCUT2D eigenvalue weighted by Gasteiger charge is 2.07. The average molecular weight is 251 g/mol. The fraction of sp³-hybridized carbons (Fsp3) is 0.118. The van der Waals surface area contributed by atoms with Gasteiger partial charge in [-0.2, -0.15) is 0 Å². The first-order valence-electron chi connectivity index (χ1n) is 6.21. The van der Waals surface area contributed by atoms with Gasteiger partial charge >= 0.3 is 0 Å². The van der Waals surface area contributed by atoms with E-state index in [1.54, 1.807) is 6.92 Å². The number of para-hydroxylation sites is 1. The van der Waals surface area contributed by atoms with Gasteiger partial charge in [0.15, 0.2) is 5.78 Å². The van der Waals surface area contributed by atoms with E-state index in [2.05, 4.69) is 11.9 Å². The lowest BCUT2D eigenvalue weighted by atomic mass is 9.97. The molecule has 0 aliphatic carbocycles. The van der Waals surface area contributed by atoms with Crippen LogP contribution in [0.1, 0.15) is 28.4 Å². The maximum absolute atomic E-state index is 11.3. The summed E-state index contributed by atoms with van der Waals surface area (Å²) >= 11 is 0. The molecule has 0 atom stereocenters. The average Bonchev–Trinajstić information content (AvgIpc) is 2.46. The van der Waals surface area contributed by atoms with Crippen LogP contribution >= 0.6 is 0 Å². The zero-order valence-corrected chi connectivity index (χ0v) is 11.2. The Morgan fingerprint density at radius 2 is 1.58 bits per heavy atom. The van der Waals surface area contributed by atoms with Crippen LogP contribution in [0.15, 0.2) is 55.1 Å². The van der Waals surface area contributed by atoms with E-state index in [9.17, 15) is 4.79 Å². The van der Waals surface area contributed by atoms with Crippen LogP contribution in [0.5, 0.6) is 0 Å². The number of hydrogen-bond donors (Lipinski definition) is 1. The van der Waals surface area contributed by atoms with Crippen LogP contribution in [0.25, 0.3) is 5.57 Å². The number of carbonyl (C=O) groups excluding carboxylic acids is 1. The zero-order chi connectivity index (χ0) is 13.8. The number of hydrogen-bond acceptors (Lipinski definition) is 2. The Labute approximate surface area is 113 Å². The van der Waals surface area contributed by atoms with Crippen molar-refractivity contribution in [3.63, 3.8) is 0 Å². The molecule has 0 unspecified atom stereocenters. The fourth-order valence-corrected chi connectivity index (χ4v) is 2.03. The smallest absolute Gasteiger partial charge is 0.159 e. The first kappa shape index (κ1) is 13.1. The number of anilines is 1. The first-order valence-corrected chi connectivity index (χ1v) is 6.21. The normalized spacial score (nSPS) is 10.0. The molecule has 0 amide bonds. The predicted octanol–water partition coefficient (Wildman–Crippen LogP) is 3.99. The van der Waals surface area contributed by atoms with Crippen molar-refractivity contribution in [1.82, 2.24) is 0 Å². The van der Waals surface area contributed by atoms with E-state index >= 15 is 0 Å². The van der Waals surface area contributed by atoms with Gasteiger partial charge in [-0.3, -0.25) is 4.79 Å². The molecule has 1 N–H and O–H groups in total. The molecule has 0 aromatic heterocycles. The molecule has 0 aliphatic rings. The standard InChI is InChI=1S/C17H17NO/c1-12(16-6-4-5-7-17(16)18-3)14-8-10-15(11-9-14)13(2)19/h4-11,18H,1H2,2-3H3. The van der Waals surface area contributed by atoms with Gasteiger partial charge in [0.05, 0.1) is 0 Å². The van der Waals surface area contributed by atoms with E-state index < -0.39 is 0 Å². The van der Waals surface area contributed by atoms with Gasteiger partial charge < -0.3 is 5.32 Å². The van der Waals surface area contributed by atoms with Gasteiger partial charge in [0.2, 0.25) is 0 Å². The van der Waals surface area contributed by atoms with E-state index in [0.29, 0.717) is 0 Å². The molecule has 0 fully saturated rings. The van der Waals surface area contributed by atoms with Gasteiger partial charge in [0.25, 0.3) is 0 Å². The van der Waals surface area contributed by atoms with Gasteiger partial charge in [0, 0.05) is 23.9 Å². The lowest BCUT2D eigenvalue weighted by molar-refractivity contribution is 0.101. The molecular weight excluding hydrogens is 234 g/mol. The molecule has 0 spiro atoms. The SMILES string of the molecule is C=C(c1ccc(C(C)=O)cc1)c1ccccc1NC. The molecule has 0 saturated carbocycles. The Balaban J connectivity index is 2.36. The minimum absolute atomic E-state index is 0.0767.